The zero-order chi connectivity index (χ0) is 16.5. The summed E-state index contributed by atoms with van der Waals surface area (Å²) in [4.78, 5) is 2.46. The van der Waals surface area contributed by atoms with Gasteiger partial charge in [-0.1, -0.05) is 13.5 Å². The van der Waals surface area contributed by atoms with Crippen LogP contribution in [0.4, 0.5) is 0 Å². The van der Waals surface area contributed by atoms with Crippen LogP contribution in [0, 0.1) is 34.0 Å². The third-order valence-electron chi connectivity index (χ3n) is 10.5. The van der Waals surface area contributed by atoms with E-state index in [2.05, 4.69) is 18.4 Å². The molecule has 11 rings (SSSR count). The predicted molar refractivity (Wildman–Crippen MR) is 93.9 cm³/mol. The summed E-state index contributed by atoms with van der Waals surface area (Å²) >= 11 is 0. The van der Waals surface area contributed by atoms with Crippen molar-refractivity contribution in [3.8, 4) is 0 Å². The average molecular weight is 366 g/mol. The van der Waals surface area contributed by atoms with Gasteiger partial charge in [0.1, 0.15) is 5.72 Å². The Balaban J connectivity index is 0.00000129. The molecule has 25 heavy (non-hydrogen) atoms. The Morgan fingerprint density at radius 3 is 2.56 bits per heavy atom. The fourth-order valence-corrected chi connectivity index (χ4v) is 10.3. The van der Waals surface area contributed by atoms with Crippen LogP contribution in [0.3, 0.4) is 0 Å². The first-order chi connectivity index (χ1) is 11.2. The summed E-state index contributed by atoms with van der Waals surface area (Å²) in [5, 5.41) is 34.3. The highest BCUT2D eigenvalue weighted by Crippen LogP contribution is 2.90. The number of rotatable bonds is 0. The Labute approximate surface area is 154 Å². The lowest BCUT2D eigenvalue weighted by atomic mass is 9.35. The molecule has 11 atom stereocenters. The molecular weight excluding hydrogens is 338 g/mol. The fraction of sp³-hybridized carbons (Fsp3) is 0.900. The number of halogens is 1. The van der Waals surface area contributed by atoms with Gasteiger partial charge in [-0.15, -0.1) is 12.4 Å². The van der Waals surface area contributed by atoms with Gasteiger partial charge in [0.05, 0.1) is 11.7 Å². The van der Waals surface area contributed by atoms with Crippen molar-refractivity contribution in [1.29, 1.82) is 0 Å². The molecule has 0 radical (unpaired) electrons. The number of aliphatic hydroxyl groups is 3. The largest absolute Gasteiger partial charge is 0.393 e. The summed E-state index contributed by atoms with van der Waals surface area (Å²) in [6.45, 7) is 7.52. The second kappa shape index (κ2) is 3.73. The van der Waals surface area contributed by atoms with E-state index in [1.54, 1.807) is 0 Å². The van der Waals surface area contributed by atoms with E-state index >= 15 is 0 Å². The lowest BCUT2D eigenvalue weighted by molar-refractivity contribution is -0.361. The maximum absolute atomic E-state index is 12.2. The lowest BCUT2D eigenvalue weighted by Gasteiger charge is -2.77. The van der Waals surface area contributed by atoms with Gasteiger partial charge in [0.25, 0.3) is 0 Å². The first-order valence-corrected chi connectivity index (χ1v) is 9.80. The Hall–Kier alpha value is -0.130. The van der Waals surface area contributed by atoms with Crippen molar-refractivity contribution in [2.24, 2.45) is 34.0 Å². The zero-order valence-corrected chi connectivity index (χ0v) is 15.6. The minimum Gasteiger partial charge on any atom is -0.393 e. The smallest absolute Gasteiger partial charge is 0.128 e. The van der Waals surface area contributed by atoms with E-state index in [4.69, 9.17) is 0 Å². The molecule has 11 fully saturated rings. The summed E-state index contributed by atoms with van der Waals surface area (Å²) < 4.78 is 0. The number of piperidine rings is 4. The summed E-state index contributed by atoms with van der Waals surface area (Å²) in [6, 6.07) is 0.467. The normalized spacial score (nSPS) is 73.0. The number of aliphatic hydroxyl groups excluding tert-OH is 1. The Morgan fingerprint density at radius 2 is 1.80 bits per heavy atom. The van der Waals surface area contributed by atoms with Crippen LogP contribution < -0.4 is 0 Å². The highest BCUT2D eigenvalue weighted by molar-refractivity contribution is 5.85. The summed E-state index contributed by atoms with van der Waals surface area (Å²) in [6.07, 6.45) is 4.84. The molecular formula is C20H28ClNO3. The van der Waals surface area contributed by atoms with Crippen molar-refractivity contribution in [1.82, 2.24) is 4.90 Å². The quantitative estimate of drug-likeness (QED) is 0.571. The first kappa shape index (κ1) is 15.9. The number of hydrogen-bond donors (Lipinski definition) is 3. The van der Waals surface area contributed by atoms with Gasteiger partial charge in [-0.3, -0.25) is 4.90 Å². The highest BCUT2D eigenvalue weighted by atomic mass is 35.5. The molecule has 5 saturated heterocycles. The van der Waals surface area contributed by atoms with Crippen molar-refractivity contribution in [2.45, 2.75) is 68.9 Å². The van der Waals surface area contributed by atoms with Gasteiger partial charge in [0.15, 0.2) is 0 Å². The molecule has 0 aromatic heterocycles. The van der Waals surface area contributed by atoms with E-state index in [0.29, 0.717) is 24.3 Å². The SMILES string of the molecule is C=C1CC23C4CC5C6(C)CC(O)CC57C2CC1(O)CC3C7(O)N4C6.Cl. The molecule has 11 aliphatic rings. The average Bonchev–Trinajstić information content (AvgIpc) is 2.71. The Kier molecular flexibility index (Phi) is 2.37. The standard InChI is InChI=1S/C20H27NO3.ClH/c1-10-4-18-13-7-17(10,23)8-14(18)20(24)19(13)6-11(22)5-16(2)9-21(20)15(18)3-12(16)19;/h11-15,22-24H,1,3-9H2,2H3;1H. The van der Waals surface area contributed by atoms with Gasteiger partial charge in [0, 0.05) is 29.3 Å². The number of nitrogens with zero attached hydrogens (tertiary/aromatic N) is 1. The molecule has 5 heteroatoms. The van der Waals surface area contributed by atoms with Gasteiger partial charge < -0.3 is 15.3 Å². The summed E-state index contributed by atoms with van der Waals surface area (Å²) in [7, 11) is 0. The monoisotopic (exact) mass is 365 g/mol. The van der Waals surface area contributed by atoms with Crippen molar-refractivity contribution in [3.63, 3.8) is 0 Å². The molecule has 10 bridgehead atoms. The topological polar surface area (TPSA) is 63.9 Å². The summed E-state index contributed by atoms with van der Waals surface area (Å²) in [5.74, 6) is 1.04. The molecule has 3 N–H and O–H groups in total. The van der Waals surface area contributed by atoms with Gasteiger partial charge in [-0.2, -0.15) is 0 Å². The van der Waals surface area contributed by atoms with Crippen LogP contribution in [-0.2, 0) is 0 Å². The van der Waals surface area contributed by atoms with Crippen molar-refractivity contribution < 1.29 is 15.3 Å². The second-order valence-electron chi connectivity index (χ2n) is 10.9. The third kappa shape index (κ3) is 1.12. The van der Waals surface area contributed by atoms with Crippen molar-refractivity contribution in [3.05, 3.63) is 12.2 Å². The van der Waals surface area contributed by atoms with E-state index in [0.717, 1.165) is 37.8 Å². The molecule has 138 valence electrons. The zero-order valence-electron chi connectivity index (χ0n) is 14.7. The molecule has 4 nitrogen and oxygen atoms in total. The molecule has 0 aromatic rings. The Bertz CT molecular complexity index is 744. The number of hydrogen-bond acceptors (Lipinski definition) is 4. The van der Waals surface area contributed by atoms with Crippen LogP contribution in [-0.4, -0.2) is 50.2 Å². The van der Waals surface area contributed by atoms with E-state index in [1.165, 1.54) is 6.42 Å². The van der Waals surface area contributed by atoms with Crippen molar-refractivity contribution in [2.75, 3.05) is 6.54 Å². The van der Waals surface area contributed by atoms with Crippen LogP contribution >= 0.6 is 12.4 Å². The molecule has 5 aliphatic heterocycles. The molecule has 6 saturated carbocycles. The molecule has 0 aromatic carbocycles. The molecule has 5 heterocycles. The van der Waals surface area contributed by atoms with Crippen LogP contribution in [0.5, 0.6) is 0 Å². The van der Waals surface area contributed by atoms with Crippen LogP contribution in [0.25, 0.3) is 0 Å². The molecule has 2 spiro atoms. The van der Waals surface area contributed by atoms with Crippen LogP contribution in [0.15, 0.2) is 12.2 Å². The maximum Gasteiger partial charge on any atom is 0.128 e. The van der Waals surface area contributed by atoms with Crippen LogP contribution in [0.1, 0.15) is 45.4 Å². The number of fused-ring (bicyclic) bond motifs is 1. The van der Waals surface area contributed by atoms with E-state index in [9.17, 15) is 15.3 Å². The summed E-state index contributed by atoms with van der Waals surface area (Å²) in [5.41, 5.74) is -0.525. The molecule has 6 aliphatic carbocycles. The van der Waals surface area contributed by atoms with E-state index in [-0.39, 0.29) is 40.7 Å². The minimum atomic E-state index is -0.794. The van der Waals surface area contributed by atoms with Gasteiger partial charge in [0.2, 0.25) is 0 Å². The first-order valence-electron chi connectivity index (χ1n) is 9.80. The van der Waals surface area contributed by atoms with E-state index in [1.807, 2.05) is 0 Å². The van der Waals surface area contributed by atoms with Gasteiger partial charge in [-0.25, -0.2) is 0 Å². The van der Waals surface area contributed by atoms with Crippen molar-refractivity contribution >= 4 is 12.4 Å². The third-order valence-corrected chi connectivity index (χ3v) is 10.5. The second-order valence-corrected chi connectivity index (χ2v) is 10.9. The lowest BCUT2D eigenvalue weighted by Crippen LogP contribution is -2.82. The molecule has 11 unspecified atom stereocenters. The Morgan fingerprint density at radius 1 is 1.08 bits per heavy atom. The van der Waals surface area contributed by atoms with E-state index < -0.39 is 11.3 Å². The highest BCUT2D eigenvalue weighted by Gasteiger charge is 2.94. The van der Waals surface area contributed by atoms with Gasteiger partial charge in [-0.05, 0) is 61.3 Å². The maximum atomic E-state index is 12.2. The minimum absolute atomic E-state index is 0. The fourth-order valence-electron chi connectivity index (χ4n) is 10.3. The molecule has 0 amide bonds. The predicted octanol–water partition coefficient (Wildman–Crippen LogP) is 1.68. The van der Waals surface area contributed by atoms with Crippen LogP contribution in [0.2, 0.25) is 0 Å². The van der Waals surface area contributed by atoms with Gasteiger partial charge >= 0.3 is 0 Å².